The highest BCUT2D eigenvalue weighted by Crippen LogP contribution is 2.20. The maximum Gasteiger partial charge on any atom is 0.320 e. The fourth-order valence-corrected chi connectivity index (χ4v) is 2.34. The molecule has 18 heavy (non-hydrogen) atoms. The number of carboxylic acid groups (broad SMARTS) is 1. The van der Waals surface area contributed by atoms with Crippen LogP contribution in [0, 0.1) is 5.92 Å². The van der Waals surface area contributed by atoms with Gasteiger partial charge in [0.15, 0.2) is 0 Å². The number of nitrogens with zero attached hydrogens (tertiary/aromatic N) is 2. The van der Waals surface area contributed by atoms with E-state index in [2.05, 4.69) is 0 Å². The Morgan fingerprint density at radius 2 is 2.17 bits per heavy atom. The van der Waals surface area contributed by atoms with Crippen molar-refractivity contribution in [2.45, 2.75) is 12.5 Å². The third kappa shape index (κ3) is 2.48. The summed E-state index contributed by atoms with van der Waals surface area (Å²) in [6.45, 7) is 1.75. The normalized spacial score (nSPS) is 27.3. The Morgan fingerprint density at radius 3 is 2.78 bits per heavy atom. The van der Waals surface area contributed by atoms with Gasteiger partial charge in [-0.25, -0.2) is 4.79 Å². The number of carboxylic acids is 1. The Kier molecular flexibility index (Phi) is 3.86. The molecule has 2 atom stereocenters. The van der Waals surface area contributed by atoms with Crippen molar-refractivity contribution in [2.24, 2.45) is 5.92 Å². The van der Waals surface area contributed by atoms with Crippen molar-refractivity contribution >= 4 is 12.0 Å². The first kappa shape index (κ1) is 12.9. The van der Waals surface area contributed by atoms with Crippen LogP contribution in [-0.2, 0) is 9.53 Å². The first-order valence-electron chi connectivity index (χ1n) is 6.08. The Balaban J connectivity index is 2.01. The SMILES string of the molecule is CN(C(=O)N1CC=CCC1)C1COCC1C(=O)O. The number of urea groups is 1. The molecule has 6 nitrogen and oxygen atoms in total. The van der Waals surface area contributed by atoms with E-state index in [9.17, 15) is 9.59 Å². The molecule has 0 radical (unpaired) electrons. The third-order valence-electron chi connectivity index (χ3n) is 3.50. The van der Waals surface area contributed by atoms with Gasteiger partial charge in [0.2, 0.25) is 0 Å². The molecule has 6 heteroatoms. The lowest BCUT2D eigenvalue weighted by molar-refractivity contribution is -0.142. The maximum absolute atomic E-state index is 12.2. The summed E-state index contributed by atoms with van der Waals surface area (Å²) in [6, 6.07) is -0.498. The summed E-state index contributed by atoms with van der Waals surface area (Å²) in [4.78, 5) is 26.5. The third-order valence-corrected chi connectivity index (χ3v) is 3.50. The van der Waals surface area contributed by atoms with Gasteiger partial charge in [0.25, 0.3) is 0 Å². The number of carbonyl (C=O) groups excluding carboxylic acids is 1. The van der Waals surface area contributed by atoms with E-state index in [4.69, 9.17) is 9.84 Å². The molecule has 2 heterocycles. The number of aliphatic carboxylic acids is 1. The average molecular weight is 254 g/mol. The molecule has 2 aliphatic rings. The smallest absolute Gasteiger partial charge is 0.320 e. The summed E-state index contributed by atoms with van der Waals surface area (Å²) in [7, 11) is 1.65. The number of likely N-dealkylation sites (N-methyl/N-ethyl adjacent to an activating group) is 1. The van der Waals surface area contributed by atoms with E-state index in [-0.39, 0.29) is 18.7 Å². The van der Waals surface area contributed by atoms with E-state index < -0.39 is 11.9 Å². The zero-order valence-electron chi connectivity index (χ0n) is 10.4. The van der Waals surface area contributed by atoms with Gasteiger partial charge in [-0.3, -0.25) is 4.79 Å². The molecule has 0 aromatic rings. The standard InChI is InChI=1S/C12H18N2O4/c1-13(10-8-18-7-9(10)11(15)16)12(17)14-5-3-2-4-6-14/h2-3,9-10H,4-8H2,1H3,(H,15,16). The first-order valence-corrected chi connectivity index (χ1v) is 6.08. The van der Waals surface area contributed by atoms with E-state index in [1.54, 1.807) is 11.9 Å². The van der Waals surface area contributed by atoms with Crippen molar-refractivity contribution in [1.82, 2.24) is 9.80 Å². The van der Waals surface area contributed by atoms with E-state index in [1.807, 2.05) is 12.2 Å². The molecule has 0 spiro atoms. The maximum atomic E-state index is 12.2. The fraction of sp³-hybridized carbons (Fsp3) is 0.667. The quantitative estimate of drug-likeness (QED) is 0.724. The van der Waals surface area contributed by atoms with Crippen molar-refractivity contribution in [3.05, 3.63) is 12.2 Å². The Hall–Kier alpha value is -1.56. The van der Waals surface area contributed by atoms with Crippen LogP contribution in [0.25, 0.3) is 0 Å². The predicted octanol–water partition coefficient (Wildman–Crippen LogP) is 0.400. The number of ether oxygens (including phenoxy) is 1. The van der Waals surface area contributed by atoms with E-state index in [1.165, 1.54) is 4.90 Å². The molecule has 0 aromatic heterocycles. The van der Waals surface area contributed by atoms with Gasteiger partial charge in [0, 0.05) is 20.1 Å². The first-order chi connectivity index (χ1) is 8.61. The molecule has 100 valence electrons. The van der Waals surface area contributed by atoms with Crippen molar-refractivity contribution < 1.29 is 19.4 Å². The molecule has 0 aromatic carbocycles. The van der Waals surface area contributed by atoms with Crippen molar-refractivity contribution in [3.8, 4) is 0 Å². The Labute approximate surface area is 106 Å². The van der Waals surface area contributed by atoms with E-state index in [0.717, 1.165) is 6.42 Å². The highest BCUT2D eigenvalue weighted by Gasteiger charge is 2.39. The molecule has 1 N–H and O–H groups in total. The highest BCUT2D eigenvalue weighted by atomic mass is 16.5. The summed E-state index contributed by atoms with van der Waals surface area (Å²) < 4.78 is 5.18. The van der Waals surface area contributed by atoms with Crippen LogP contribution >= 0.6 is 0 Å². The van der Waals surface area contributed by atoms with Crippen LogP contribution in [0.4, 0.5) is 4.79 Å². The average Bonchev–Trinajstić information content (AvgIpc) is 2.87. The molecule has 2 unspecified atom stereocenters. The van der Waals surface area contributed by atoms with Gasteiger partial charge in [0.05, 0.1) is 19.3 Å². The molecular weight excluding hydrogens is 236 g/mol. The fourth-order valence-electron chi connectivity index (χ4n) is 2.34. The largest absolute Gasteiger partial charge is 0.481 e. The van der Waals surface area contributed by atoms with Crippen LogP contribution in [-0.4, -0.2) is 66.3 Å². The highest BCUT2D eigenvalue weighted by molar-refractivity contribution is 5.77. The van der Waals surface area contributed by atoms with Crippen LogP contribution < -0.4 is 0 Å². The molecule has 0 aliphatic carbocycles. The second-order valence-electron chi connectivity index (χ2n) is 4.65. The lowest BCUT2D eigenvalue weighted by atomic mass is 10.0. The minimum Gasteiger partial charge on any atom is -0.481 e. The lowest BCUT2D eigenvalue weighted by Gasteiger charge is -2.33. The molecule has 2 aliphatic heterocycles. The summed E-state index contributed by atoms with van der Waals surface area (Å²) in [6.07, 6.45) is 4.85. The van der Waals surface area contributed by atoms with Gasteiger partial charge in [-0.2, -0.15) is 0 Å². The molecule has 2 rings (SSSR count). The number of rotatable bonds is 2. The van der Waals surface area contributed by atoms with Crippen LogP contribution in [0.1, 0.15) is 6.42 Å². The van der Waals surface area contributed by atoms with Crippen LogP contribution in [0.15, 0.2) is 12.2 Å². The second kappa shape index (κ2) is 5.39. The zero-order valence-corrected chi connectivity index (χ0v) is 10.4. The summed E-state index contributed by atoms with van der Waals surface area (Å²) in [5, 5.41) is 9.08. The van der Waals surface area contributed by atoms with E-state index >= 15 is 0 Å². The lowest BCUT2D eigenvalue weighted by Crippen LogP contribution is -2.50. The van der Waals surface area contributed by atoms with Crippen LogP contribution in [0.3, 0.4) is 0 Å². The predicted molar refractivity (Wildman–Crippen MR) is 64.2 cm³/mol. The van der Waals surface area contributed by atoms with Gasteiger partial charge in [-0.15, -0.1) is 0 Å². The van der Waals surface area contributed by atoms with Gasteiger partial charge in [0.1, 0.15) is 5.92 Å². The Morgan fingerprint density at radius 1 is 1.39 bits per heavy atom. The van der Waals surface area contributed by atoms with Gasteiger partial charge < -0.3 is 19.6 Å². The number of hydrogen-bond acceptors (Lipinski definition) is 3. The van der Waals surface area contributed by atoms with Gasteiger partial charge >= 0.3 is 12.0 Å². The minimum atomic E-state index is -0.907. The minimum absolute atomic E-state index is 0.124. The molecule has 0 saturated carbocycles. The van der Waals surface area contributed by atoms with Crippen molar-refractivity contribution in [2.75, 3.05) is 33.4 Å². The van der Waals surface area contributed by atoms with Crippen LogP contribution in [0.5, 0.6) is 0 Å². The summed E-state index contributed by atoms with van der Waals surface area (Å²) in [5.41, 5.74) is 0. The summed E-state index contributed by atoms with van der Waals surface area (Å²) in [5.74, 6) is -1.53. The molecular formula is C12H18N2O4. The summed E-state index contributed by atoms with van der Waals surface area (Å²) >= 11 is 0. The molecule has 0 bridgehead atoms. The van der Waals surface area contributed by atoms with E-state index in [0.29, 0.717) is 19.7 Å². The monoisotopic (exact) mass is 254 g/mol. The number of amides is 2. The molecule has 2 amide bonds. The number of carbonyl (C=O) groups is 2. The van der Waals surface area contributed by atoms with Crippen molar-refractivity contribution in [3.63, 3.8) is 0 Å². The second-order valence-corrected chi connectivity index (χ2v) is 4.65. The van der Waals surface area contributed by atoms with Crippen molar-refractivity contribution in [1.29, 1.82) is 0 Å². The Bertz CT molecular complexity index is 369. The van der Waals surface area contributed by atoms with Crippen LogP contribution in [0.2, 0.25) is 0 Å². The van der Waals surface area contributed by atoms with Gasteiger partial charge in [-0.05, 0) is 6.42 Å². The molecule has 1 saturated heterocycles. The zero-order chi connectivity index (χ0) is 13.1. The number of hydrogen-bond donors (Lipinski definition) is 1. The topological polar surface area (TPSA) is 70.1 Å². The van der Waals surface area contributed by atoms with Gasteiger partial charge in [-0.1, -0.05) is 12.2 Å². The molecule has 1 fully saturated rings.